The zero-order valence-corrected chi connectivity index (χ0v) is 29.1. The van der Waals surface area contributed by atoms with E-state index in [-0.39, 0.29) is 23.0 Å². The minimum Gasteiger partial charge on any atom is -0.497 e. The maximum Gasteiger partial charge on any atom is 0.239 e. The van der Waals surface area contributed by atoms with Crippen LogP contribution in [-0.2, 0) is 25.2 Å². The summed E-state index contributed by atoms with van der Waals surface area (Å²) in [5.41, 5.74) is 1.22. The van der Waals surface area contributed by atoms with Gasteiger partial charge in [-0.1, -0.05) is 84.9 Å². The molecule has 8 heteroatoms. The number of fused-ring (bicyclic) bond motifs is 5. The Morgan fingerprint density at radius 2 is 1.02 bits per heavy atom. The SMILES string of the molecule is COc1ccc(C2=C(c3ccc(OC)cc3)[C@@]3(c4ccccc4)C(=O)[C@@]2(c2ccccc2)[C@@H]2C(=O)N(c4cc(C(C)=O)ccc4OC)C(=O)[C@H]23)cc1. The quantitative estimate of drug-likeness (QED) is 0.120. The van der Waals surface area contributed by atoms with E-state index in [1.54, 1.807) is 26.4 Å². The molecule has 2 amide bonds. The van der Waals surface area contributed by atoms with Gasteiger partial charge < -0.3 is 14.2 Å². The van der Waals surface area contributed by atoms with Gasteiger partial charge in [0.05, 0.1) is 49.7 Å². The van der Waals surface area contributed by atoms with Gasteiger partial charge in [0.25, 0.3) is 0 Å². The van der Waals surface area contributed by atoms with Crippen LogP contribution in [0.4, 0.5) is 5.69 Å². The number of allylic oxidation sites excluding steroid dienone is 2. The predicted molar refractivity (Wildman–Crippen MR) is 197 cm³/mol. The molecule has 0 radical (unpaired) electrons. The topological polar surface area (TPSA) is 99.2 Å². The van der Waals surface area contributed by atoms with Crippen LogP contribution in [0.3, 0.4) is 0 Å². The molecule has 258 valence electrons. The van der Waals surface area contributed by atoms with Crippen LogP contribution in [0.15, 0.2) is 127 Å². The lowest BCUT2D eigenvalue weighted by atomic mass is 9.59. The van der Waals surface area contributed by atoms with Crippen molar-refractivity contribution in [3.63, 3.8) is 0 Å². The lowest BCUT2D eigenvalue weighted by Crippen LogP contribution is -2.45. The van der Waals surface area contributed by atoms with Crippen molar-refractivity contribution >= 4 is 40.2 Å². The largest absolute Gasteiger partial charge is 0.497 e. The molecule has 0 aromatic heterocycles. The number of carbonyl (C=O) groups excluding carboxylic acids is 4. The second-order valence-corrected chi connectivity index (χ2v) is 13.3. The fourth-order valence-corrected chi connectivity index (χ4v) is 8.96. The Morgan fingerprint density at radius 1 is 0.577 bits per heavy atom. The number of benzene rings is 5. The summed E-state index contributed by atoms with van der Waals surface area (Å²) in [6, 6.07) is 38.3. The van der Waals surface area contributed by atoms with Crippen molar-refractivity contribution in [3.05, 3.63) is 155 Å². The molecule has 3 aliphatic rings. The number of nitrogens with zero attached hydrogens (tertiary/aromatic N) is 1. The molecule has 52 heavy (non-hydrogen) atoms. The van der Waals surface area contributed by atoms with Gasteiger partial charge in [-0.3, -0.25) is 19.2 Å². The first-order valence-corrected chi connectivity index (χ1v) is 17.0. The molecular weight excluding hydrogens is 654 g/mol. The standard InChI is InChI=1S/C44H35NO7/c1-26(46)29-19-24-35(52-4)34(25-29)45-40(47)38-39(41(45)48)44(31-13-9-6-10-14-31)37(28-17-22-33(51-3)23-18-28)36(27-15-20-32(50-2)21-16-27)43(38,42(44)49)30-11-7-5-8-12-30/h5-25,38-39H,1-4H3/t38-,39-,43+,44+/m0/s1. The fraction of sp³-hybridized carbons (Fsp3) is 0.182. The molecule has 1 saturated heterocycles. The highest BCUT2D eigenvalue weighted by molar-refractivity contribution is 6.39. The summed E-state index contributed by atoms with van der Waals surface area (Å²) in [7, 11) is 4.63. The van der Waals surface area contributed by atoms with E-state index in [1.165, 1.54) is 20.1 Å². The Hall–Kier alpha value is -6.28. The molecule has 1 heterocycles. The highest BCUT2D eigenvalue weighted by Crippen LogP contribution is 2.74. The number of imide groups is 1. The normalized spacial score (nSPS) is 23.2. The lowest BCUT2D eigenvalue weighted by Gasteiger charge is -2.39. The summed E-state index contributed by atoms with van der Waals surface area (Å²) in [5, 5.41) is 0. The molecule has 4 atom stereocenters. The van der Waals surface area contributed by atoms with Crippen LogP contribution < -0.4 is 19.1 Å². The number of Topliss-reactive ketones (excluding diaryl/α,β-unsaturated/α-hetero) is 2. The van der Waals surface area contributed by atoms with Crippen LogP contribution in [0, 0.1) is 11.8 Å². The highest BCUT2D eigenvalue weighted by Gasteiger charge is 2.82. The molecule has 8 rings (SSSR count). The zero-order chi connectivity index (χ0) is 36.4. The van der Waals surface area contributed by atoms with Crippen LogP contribution in [0.25, 0.3) is 11.1 Å². The maximum absolute atomic E-state index is 16.2. The molecule has 0 spiro atoms. The third-order valence-electron chi connectivity index (χ3n) is 11.0. The number of hydrogen-bond acceptors (Lipinski definition) is 7. The van der Waals surface area contributed by atoms with Crippen LogP contribution >= 0.6 is 0 Å². The Kier molecular flexibility index (Phi) is 7.72. The summed E-state index contributed by atoms with van der Waals surface area (Å²) in [6.45, 7) is 1.42. The van der Waals surface area contributed by atoms with Gasteiger partial charge in [0.2, 0.25) is 11.8 Å². The van der Waals surface area contributed by atoms with Crippen molar-refractivity contribution in [2.24, 2.45) is 11.8 Å². The van der Waals surface area contributed by atoms with Gasteiger partial charge in [-0.05, 0) is 82.8 Å². The number of ketones is 2. The Morgan fingerprint density at radius 3 is 1.40 bits per heavy atom. The molecule has 5 aromatic rings. The first kappa shape index (κ1) is 32.9. The van der Waals surface area contributed by atoms with Gasteiger partial charge in [-0.25, -0.2) is 4.90 Å². The van der Waals surface area contributed by atoms with Crippen molar-refractivity contribution in [3.8, 4) is 17.2 Å². The molecule has 2 bridgehead atoms. The minimum atomic E-state index is -1.60. The first-order chi connectivity index (χ1) is 25.2. The lowest BCUT2D eigenvalue weighted by molar-refractivity contribution is -0.130. The molecule has 2 fully saturated rings. The zero-order valence-electron chi connectivity index (χ0n) is 29.1. The van der Waals surface area contributed by atoms with E-state index in [1.807, 2.05) is 109 Å². The van der Waals surface area contributed by atoms with E-state index in [9.17, 15) is 4.79 Å². The number of methoxy groups -OCH3 is 3. The average molecular weight is 690 g/mol. The van der Waals surface area contributed by atoms with E-state index in [0.29, 0.717) is 39.3 Å². The van der Waals surface area contributed by atoms with Crippen molar-refractivity contribution in [2.45, 2.75) is 17.8 Å². The molecule has 5 aromatic carbocycles. The number of carbonyl (C=O) groups is 4. The smallest absolute Gasteiger partial charge is 0.239 e. The Labute approximate surface area is 301 Å². The molecule has 0 unspecified atom stereocenters. The van der Waals surface area contributed by atoms with E-state index >= 15 is 14.4 Å². The maximum atomic E-state index is 16.2. The third-order valence-corrected chi connectivity index (χ3v) is 11.0. The van der Waals surface area contributed by atoms with Crippen molar-refractivity contribution in [2.75, 3.05) is 26.2 Å². The number of anilines is 1. The third kappa shape index (κ3) is 4.27. The first-order valence-electron chi connectivity index (χ1n) is 17.0. The molecule has 8 nitrogen and oxygen atoms in total. The fourth-order valence-electron chi connectivity index (χ4n) is 8.96. The van der Waals surface area contributed by atoms with Crippen LogP contribution in [-0.4, -0.2) is 44.7 Å². The average Bonchev–Trinajstić information content (AvgIpc) is 3.70. The summed E-state index contributed by atoms with van der Waals surface area (Å²) in [5.74, 6) is -2.31. The van der Waals surface area contributed by atoms with E-state index in [0.717, 1.165) is 16.0 Å². The monoisotopic (exact) mass is 689 g/mol. The predicted octanol–water partition coefficient (Wildman–Crippen LogP) is 7.10. The molecule has 0 N–H and O–H groups in total. The van der Waals surface area contributed by atoms with Crippen LogP contribution in [0.2, 0.25) is 0 Å². The van der Waals surface area contributed by atoms with Crippen LogP contribution in [0.1, 0.15) is 39.5 Å². The minimum absolute atomic E-state index is 0.162. The van der Waals surface area contributed by atoms with Gasteiger partial charge in [-0.15, -0.1) is 0 Å². The van der Waals surface area contributed by atoms with Crippen molar-refractivity contribution in [1.82, 2.24) is 0 Å². The van der Waals surface area contributed by atoms with Gasteiger partial charge >= 0.3 is 0 Å². The van der Waals surface area contributed by atoms with E-state index in [2.05, 4.69) is 0 Å². The molecule has 2 aliphatic carbocycles. The summed E-state index contributed by atoms with van der Waals surface area (Å²) in [6.07, 6.45) is 0. The Balaban J connectivity index is 1.53. The van der Waals surface area contributed by atoms with Gasteiger partial charge in [0, 0.05) is 5.56 Å². The van der Waals surface area contributed by atoms with Crippen molar-refractivity contribution in [1.29, 1.82) is 0 Å². The summed E-state index contributed by atoms with van der Waals surface area (Å²) in [4.78, 5) is 60.7. The second kappa shape index (κ2) is 12.2. The van der Waals surface area contributed by atoms with Gasteiger partial charge in [0.15, 0.2) is 11.6 Å². The highest BCUT2D eigenvalue weighted by atomic mass is 16.5. The number of hydrogen-bond donors (Lipinski definition) is 0. The molecule has 1 saturated carbocycles. The van der Waals surface area contributed by atoms with E-state index in [4.69, 9.17) is 14.2 Å². The Bertz CT molecular complexity index is 2170. The van der Waals surface area contributed by atoms with E-state index < -0.39 is 34.5 Å². The van der Waals surface area contributed by atoms with Crippen molar-refractivity contribution < 1.29 is 33.4 Å². The number of amides is 2. The van der Waals surface area contributed by atoms with Crippen LogP contribution in [0.5, 0.6) is 17.2 Å². The molecular formula is C44H35NO7. The summed E-state index contributed by atoms with van der Waals surface area (Å²) >= 11 is 0. The number of rotatable bonds is 9. The summed E-state index contributed by atoms with van der Waals surface area (Å²) < 4.78 is 16.7. The second-order valence-electron chi connectivity index (χ2n) is 13.3. The van der Waals surface area contributed by atoms with Gasteiger partial charge in [0.1, 0.15) is 17.2 Å². The van der Waals surface area contributed by atoms with Gasteiger partial charge in [-0.2, -0.15) is 0 Å². The molecule has 1 aliphatic heterocycles. The number of ether oxygens (including phenoxy) is 3.